The molecule has 0 atom stereocenters. The predicted molar refractivity (Wildman–Crippen MR) is 29.7 cm³/mol. The van der Waals surface area contributed by atoms with Crippen LogP contribution in [0.3, 0.4) is 0 Å². The van der Waals surface area contributed by atoms with E-state index < -0.39 is 12.9 Å². The van der Waals surface area contributed by atoms with Crippen LogP contribution in [0.25, 0.3) is 0 Å². The molecule has 0 spiro atoms. The molecule has 9 heavy (non-hydrogen) atoms. The molecule has 0 radical (unpaired) electrons. The molecule has 0 aromatic carbocycles. The fraction of sp³-hybridized carbons (Fsp3) is 0.800. The summed E-state index contributed by atoms with van der Waals surface area (Å²) in [6.07, 6.45) is 1.53. The molecule has 1 amide bonds. The van der Waals surface area contributed by atoms with E-state index in [4.69, 9.17) is 5.11 Å². The van der Waals surface area contributed by atoms with Gasteiger partial charge in [-0.3, -0.25) is 0 Å². The van der Waals surface area contributed by atoms with Gasteiger partial charge in [0.1, 0.15) is 0 Å². The van der Waals surface area contributed by atoms with Gasteiger partial charge in [0, 0.05) is 6.04 Å². The van der Waals surface area contributed by atoms with E-state index in [-0.39, 0.29) is 0 Å². The summed E-state index contributed by atoms with van der Waals surface area (Å²) in [6.45, 7) is -0.543. The van der Waals surface area contributed by atoms with Gasteiger partial charge in [0.25, 0.3) is 0 Å². The van der Waals surface area contributed by atoms with Gasteiger partial charge < -0.3 is 15.2 Å². The number of alkyl carbamates (subject to hydrolysis) is 1. The van der Waals surface area contributed by atoms with Crippen LogP contribution in [-0.2, 0) is 4.74 Å². The van der Waals surface area contributed by atoms with Crippen LogP contribution in [0.15, 0.2) is 0 Å². The highest BCUT2D eigenvalue weighted by Gasteiger charge is 2.23. The maximum absolute atomic E-state index is 10.4. The molecule has 4 heteroatoms. The first-order chi connectivity index (χ1) is 4.33. The maximum Gasteiger partial charge on any atom is 0.409 e. The van der Waals surface area contributed by atoms with Crippen LogP contribution in [0.1, 0.15) is 12.8 Å². The van der Waals surface area contributed by atoms with Crippen molar-refractivity contribution in [2.45, 2.75) is 18.9 Å². The largest absolute Gasteiger partial charge is 0.423 e. The standard InChI is InChI=1S/C5H9NO3/c7-3-9-5(8)6-4-1-2-4/h4,7H,1-3H2,(H,6,8). The Hall–Kier alpha value is -0.770. The molecular formula is C5H9NO3. The molecule has 0 unspecified atom stereocenters. The third-order valence-electron chi connectivity index (χ3n) is 1.09. The van der Waals surface area contributed by atoms with Crippen molar-refractivity contribution in [2.24, 2.45) is 0 Å². The summed E-state index contributed by atoms with van der Waals surface area (Å²) in [5.41, 5.74) is 0. The minimum absolute atomic E-state index is 0.295. The Morgan fingerprint density at radius 1 is 1.78 bits per heavy atom. The van der Waals surface area contributed by atoms with Crippen molar-refractivity contribution < 1.29 is 14.6 Å². The Labute approximate surface area is 52.8 Å². The molecule has 4 nitrogen and oxygen atoms in total. The molecule has 52 valence electrons. The van der Waals surface area contributed by atoms with Crippen LogP contribution >= 0.6 is 0 Å². The van der Waals surface area contributed by atoms with Crippen LogP contribution < -0.4 is 5.32 Å². The van der Waals surface area contributed by atoms with Gasteiger partial charge in [0.15, 0.2) is 6.79 Å². The SMILES string of the molecule is O=C(NC1CC1)OCO. The van der Waals surface area contributed by atoms with Gasteiger partial charge in [-0.1, -0.05) is 0 Å². The Morgan fingerprint density at radius 2 is 2.44 bits per heavy atom. The second-order valence-corrected chi connectivity index (χ2v) is 1.98. The van der Waals surface area contributed by atoms with Gasteiger partial charge in [0.2, 0.25) is 0 Å². The van der Waals surface area contributed by atoms with Crippen LogP contribution in [-0.4, -0.2) is 24.0 Å². The average Bonchev–Trinajstić information content (AvgIpc) is 2.50. The minimum atomic E-state index is -0.543. The van der Waals surface area contributed by atoms with Crippen molar-refractivity contribution >= 4 is 6.09 Å². The Kier molecular flexibility index (Phi) is 1.89. The topological polar surface area (TPSA) is 58.6 Å². The maximum atomic E-state index is 10.4. The second-order valence-electron chi connectivity index (χ2n) is 1.98. The number of aliphatic hydroxyl groups is 1. The van der Waals surface area contributed by atoms with E-state index >= 15 is 0 Å². The normalized spacial score (nSPS) is 17.0. The van der Waals surface area contributed by atoms with Crippen molar-refractivity contribution in [3.63, 3.8) is 0 Å². The number of aliphatic hydroxyl groups excluding tert-OH is 1. The molecular weight excluding hydrogens is 122 g/mol. The minimum Gasteiger partial charge on any atom is -0.423 e. The number of carbonyl (C=O) groups is 1. The van der Waals surface area contributed by atoms with Gasteiger partial charge in [-0.2, -0.15) is 0 Å². The number of carbonyl (C=O) groups excluding carboxylic acids is 1. The smallest absolute Gasteiger partial charge is 0.409 e. The highest BCUT2D eigenvalue weighted by molar-refractivity contribution is 5.67. The zero-order valence-corrected chi connectivity index (χ0v) is 4.96. The van der Waals surface area contributed by atoms with Crippen molar-refractivity contribution in [3.8, 4) is 0 Å². The fourth-order valence-corrected chi connectivity index (χ4v) is 0.495. The number of hydrogen-bond acceptors (Lipinski definition) is 3. The first-order valence-corrected chi connectivity index (χ1v) is 2.87. The summed E-state index contributed by atoms with van der Waals surface area (Å²) in [7, 11) is 0. The summed E-state index contributed by atoms with van der Waals surface area (Å²) in [4.78, 5) is 10.4. The fourth-order valence-electron chi connectivity index (χ4n) is 0.495. The molecule has 0 bridgehead atoms. The molecule has 0 aromatic rings. The van der Waals surface area contributed by atoms with Crippen LogP contribution in [0.4, 0.5) is 4.79 Å². The molecule has 1 saturated carbocycles. The Morgan fingerprint density at radius 3 is 2.89 bits per heavy atom. The van der Waals surface area contributed by atoms with E-state index in [9.17, 15) is 4.79 Å². The molecule has 2 N–H and O–H groups in total. The van der Waals surface area contributed by atoms with Crippen LogP contribution in [0, 0.1) is 0 Å². The van der Waals surface area contributed by atoms with E-state index in [0.29, 0.717) is 6.04 Å². The quantitative estimate of drug-likeness (QED) is 0.511. The van der Waals surface area contributed by atoms with Gasteiger partial charge in [-0.25, -0.2) is 4.79 Å². The molecule has 0 aromatic heterocycles. The molecule has 1 fully saturated rings. The molecule has 1 aliphatic carbocycles. The van der Waals surface area contributed by atoms with Crippen LogP contribution in [0.5, 0.6) is 0 Å². The van der Waals surface area contributed by atoms with E-state index in [2.05, 4.69) is 10.1 Å². The third kappa shape index (κ3) is 2.32. The predicted octanol–water partition coefficient (Wildman–Crippen LogP) is -0.175. The van der Waals surface area contributed by atoms with Gasteiger partial charge in [-0.05, 0) is 12.8 Å². The Balaban J connectivity index is 2.02. The summed E-state index contributed by atoms with van der Waals surface area (Å²) in [5.74, 6) is 0. The molecule has 0 saturated heterocycles. The first kappa shape index (κ1) is 6.35. The number of rotatable bonds is 2. The highest BCUT2D eigenvalue weighted by atomic mass is 16.6. The van der Waals surface area contributed by atoms with E-state index in [1.54, 1.807) is 0 Å². The average molecular weight is 131 g/mol. The molecule has 0 heterocycles. The van der Waals surface area contributed by atoms with E-state index in [1.165, 1.54) is 0 Å². The Bertz CT molecular complexity index is 111. The van der Waals surface area contributed by atoms with Crippen molar-refractivity contribution in [1.29, 1.82) is 0 Å². The zero-order chi connectivity index (χ0) is 6.69. The summed E-state index contributed by atoms with van der Waals surface area (Å²) < 4.78 is 4.20. The molecule has 1 rings (SSSR count). The number of amides is 1. The highest BCUT2D eigenvalue weighted by Crippen LogP contribution is 2.18. The lowest BCUT2D eigenvalue weighted by Crippen LogP contribution is -2.26. The number of nitrogens with one attached hydrogen (secondary N) is 1. The lowest BCUT2D eigenvalue weighted by atomic mass is 10.7. The molecule has 0 aliphatic heterocycles. The van der Waals surface area contributed by atoms with Crippen molar-refractivity contribution in [2.75, 3.05) is 6.79 Å². The molecule has 1 aliphatic rings. The van der Waals surface area contributed by atoms with Gasteiger partial charge in [-0.15, -0.1) is 0 Å². The summed E-state index contributed by atoms with van der Waals surface area (Å²) in [6, 6.07) is 0.295. The van der Waals surface area contributed by atoms with Gasteiger partial charge >= 0.3 is 6.09 Å². The monoisotopic (exact) mass is 131 g/mol. The van der Waals surface area contributed by atoms with Crippen molar-refractivity contribution in [1.82, 2.24) is 5.32 Å². The van der Waals surface area contributed by atoms with Gasteiger partial charge in [0.05, 0.1) is 0 Å². The van der Waals surface area contributed by atoms with Crippen molar-refractivity contribution in [3.05, 3.63) is 0 Å². The summed E-state index contributed by atoms with van der Waals surface area (Å²) in [5, 5.41) is 10.6. The lowest BCUT2D eigenvalue weighted by Gasteiger charge is -2.00. The zero-order valence-electron chi connectivity index (χ0n) is 4.96. The summed E-state index contributed by atoms with van der Waals surface area (Å²) >= 11 is 0. The van der Waals surface area contributed by atoms with E-state index in [1.807, 2.05) is 0 Å². The number of hydrogen-bond donors (Lipinski definition) is 2. The second kappa shape index (κ2) is 2.68. The number of ether oxygens (including phenoxy) is 1. The van der Waals surface area contributed by atoms with Crippen LogP contribution in [0.2, 0.25) is 0 Å². The third-order valence-corrected chi connectivity index (χ3v) is 1.09. The van der Waals surface area contributed by atoms with E-state index in [0.717, 1.165) is 12.8 Å². The lowest BCUT2D eigenvalue weighted by molar-refractivity contribution is 0.0441. The first-order valence-electron chi connectivity index (χ1n) is 2.87.